The monoisotopic (exact) mass is 402 g/mol. The Bertz CT molecular complexity index is 731. The summed E-state index contributed by atoms with van der Waals surface area (Å²) in [4.78, 5) is 24.2. The summed E-state index contributed by atoms with van der Waals surface area (Å²) in [5.74, 6) is 3.26. The molecule has 1 aromatic heterocycles. The molecule has 0 spiro atoms. The van der Waals surface area contributed by atoms with Gasteiger partial charge in [0.1, 0.15) is 12.4 Å². The van der Waals surface area contributed by atoms with Crippen LogP contribution in [0.3, 0.4) is 0 Å². The van der Waals surface area contributed by atoms with E-state index in [0.717, 1.165) is 95.6 Å². The molecule has 9 nitrogen and oxygen atoms in total. The maximum atomic E-state index is 12.7. The summed E-state index contributed by atoms with van der Waals surface area (Å²) in [6, 6.07) is -0.0339. The van der Waals surface area contributed by atoms with E-state index in [9.17, 15) is 4.79 Å². The lowest BCUT2D eigenvalue weighted by molar-refractivity contribution is -0.135. The molecule has 1 unspecified atom stereocenters. The summed E-state index contributed by atoms with van der Waals surface area (Å²) in [5.41, 5.74) is 0. The number of hydrogen-bond acceptors (Lipinski definition) is 5. The fraction of sp³-hybridized carbons (Fsp3) is 0.800. The van der Waals surface area contributed by atoms with Crippen LogP contribution in [0.5, 0.6) is 0 Å². The van der Waals surface area contributed by atoms with Crippen LogP contribution in [0.25, 0.3) is 0 Å². The predicted octanol–water partition coefficient (Wildman–Crippen LogP) is 0.318. The van der Waals surface area contributed by atoms with Crippen LogP contribution in [-0.4, -0.2) is 93.2 Å². The zero-order valence-corrected chi connectivity index (χ0v) is 17.8. The second-order valence-electron chi connectivity index (χ2n) is 8.19. The van der Waals surface area contributed by atoms with Crippen LogP contribution in [0.4, 0.5) is 0 Å². The number of hydrogen-bond donors (Lipinski definition) is 1. The summed E-state index contributed by atoms with van der Waals surface area (Å²) in [6.07, 6.45) is 4.46. The Morgan fingerprint density at radius 3 is 2.52 bits per heavy atom. The lowest BCUT2D eigenvalue weighted by atomic mass is 10.2. The number of rotatable bonds is 5. The topological polar surface area (TPSA) is 81.9 Å². The summed E-state index contributed by atoms with van der Waals surface area (Å²) >= 11 is 0. The van der Waals surface area contributed by atoms with E-state index in [1.807, 2.05) is 4.90 Å². The number of nitrogens with zero attached hydrogens (tertiary/aromatic N) is 7. The van der Waals surface area contributed by atoms with Crippen LogP contribution in [0.2, 0.25) is 0 Å². The molecule has 2 fully saturated rings. The van der Waals surface area contributed by atoms with Crippen LogP contribution in [-0.2, 0) is 24.3 Å². The van der Waals surface area contributed by atoms with Crippen LogP contribution in [0.15, 0.2) is 4.99 Å². The van der Waals surface area contributed by atoms with E-state index in [0.29, 0.717) is 6.54 Å². The van der Waals surface area contributed by atoms with Gasteiger partial charge in [-0.05, 0) is 33.1 Å². The fourth-order valence-corrected chi connectivity index (χ4v) is 4.58. The number of carbonyl (C=O) groups excluding carboxylic acids is 1. The van der Waals surface area contributed by atoms with E-state index in [1.165, 1.54) is 0 Å². The van der Waals surface area contributed by atoms with Crippen molar-refractivity contribution in [2.45, 2.75) is 58.7 Å². The van der Waals surface area contributed by atoms with Gasteiger partial charge in [0, 0.05) is 58.8 Å². The number of aromatic nitrogens is 3. The third-order valence-corrected chi connectivity index (χ3v) is 6.33. The molecule has 0 radical (unpaired) electrons. The Labute approximate surface area is 173 Å². The van der Waals surface area contributed by atoms with Gasteiger partial charge in [-0.25, -0.2) is 4.99 Å². The van der Waals surface area contributed by atoms with Crippen LogP contribution >= 0.6 is 0 Å². The highest BCUT2D eigenvalue weighted by molar-refractivity contribution is 5.82. The highest BCUT2D eigenvalue weighted by Crippen LogP contribution is 2.16. The Morgan fingerprint density at radius 2 is 1.79 bits per heavy atom. The molecular formula is C20H34N8O. The van der Waals surface area contributed by atoms with Crippen LogP contribution < -0.4 is 5.32 Å². The molecule has 4 heterocycles. The first-order valence-electron chi connectivity index (χ1n) is 11.1. The maximum absolute atomic E-state index is 12.7. The molecule has 29 heavy (non-hydrogen) atoms. The Balaban J connectivity index is 1.34. The number of amides is 1. The normalized spacial score (nSPS) is 21.5. The third kappa shape index (κ3) is 4.39. The maximum Gasteiger partial charge on any atom is 0.239 e. The summed E-state index contributed by atoms with van der Waals surface area (Å²) in [6.45, 7) is 11.9. The molecule has 160 valence electrons. The van der Waals surface area contributed by atoms with E-state index in [1.54, 1.807) is 0 Å². The number of aryl methyl sites for hydroxylation is 1. The highest BCUT2D eigenvalue weighted by atomic mass is 16.2. The quantitative estimate of drug-likeness (QED) is 0.564. The second-order valence-corrected chi connectivity index (χ2v) is 8.19. The molecule has 1 atom stereocenters. The Morgan fingerprint density at radius 1 is 1.03 bits per heavy atom. The lowest BCUT2D eigenvalue weighted by Crippen LogP contribution is -2.57. The lowest BCUT2D eigenvalue weighted by Gasteiger charge is -2.39. The zero-order valence-electron chi connectivity index (χ0n) is 17.8. The van der Waals surface area contributed by atoms with E-state index in [2.05, 4.69) is 43.7 Å². The minimum absolute atomic E-state index is 0.0339. The molecule has 0 bridgehead atoms. The first-order chi connectivity index (χ1) is 14.2. The number of fused-ring (bicyclic) bond motifs is 1. The van der Waals surface area contributed by atoms with Crippen molar-refractivity contribution in [2.24, 2.45) is 4.99 Å². The number of nitrogens with one attached hydrogen (secondary N) is 1. The smallest absolute Gasteiger partial charge is 0.239 e. The van der Waals surface area contributed by atoms with Gasteiger partial charge in [-0.2, -0.15) is 0 Å². The van der Waals surface area contributed by atoms with Crippen molar-refractivity contribution in [2.75, 3.05) is 45.8 Å². The van der Waals surface area contributed by atoms with Crippen molar-refractivity contribution < 1.29 is 4.79 Å². The number of piperazine rings is 1. The van der Waals surface area contributed by atoms with Gasteiger partial charge in [0.2, 0.25) is 5.91 Å². The molecule has 3 aliphatic heterocycles. The second kappa shape index (κ2) is 9.11. The van der Waals surface area contributed by atoms with Gasteiger partial charge < -0.3 is 19.7 Å². The molecule has 4 rings (SSSR count). The summed E-state index contributed by atoms with van der Waals surface area (Å²) < 4.78 is 2.21. The van der Waals surface area contributed by atoms with E-state index < -0.39 is 0 Å². The first kappa shape index (κ1) is 20.1. The predicted molar refractivity (Wildman–Crippen MR) is 112 cm³/mol. The number of likely N-dealkylation sites (tertiary alicyclic amines) is 1. The van der Waals surface area contributed by atoms with E-state index in [4.69, 9.17) is 4.99 Å². The minimum atomic E-state index is -0.0339. The highest BCUT2D eigenvalue weighted by Gasteiger charge is 2.30. The van der Waals surface area contributed by atoms with Crippen molar-refractivity contribution in [3.05, 3.63) is 11.6 Å². The van der Waals surface area contributed by atoms with Crippen molar-refractivity contribution in [1.29, 1.82) is 0 Å². The molecule has 1 aromatic rings. The van der Waals surface area contributed by atoms with Crippen molar-refractivity contribution >= 4 is 11.9 Å². The average Bonchev–Trinajstić information content (AvgIpc) is 3.49. The molecule has 1 amide bonds. The molecule has 2 saturated heterocycles. The average molecular weight is 403 g/mol. The zero-order chi connectivity index (χ0) is 20.2. The van der Waals surface area contributed by atoms with Gasteiger partial charge in [-0.1, -0.05) is 0 Å². The van der Waals surface area contributed by atoms with Gasteiger partial charge in [-0.3, -0.25) is 9.69 Å². The first-order valence-corrected chi connectivity index (χ1v) is 11.1. The van der Waals surface area contributed by atoms with Crippen LogP contribution in [0.1, 0.15) is 44.8 Å². The summed E-state index contributed by atoms with van der Waals surface area (Å²) in [7, 11) is 0. The minimum Gasteiger partial charge on any atom is -0.357 e. The Hall–Kier alpha value is -2.16. The molecule has 3 aliphatic rings. The van der Waals surface area contributed by atoms with Crippen molar-refractivity contribution in [1.82, 2.24) is 34.8 Å². The third-order valence-electron chi connectivity index (χ3n) is 6.33. The molecule has 0 saturated carbocycles. The van der Waals surface area contributed by atoms with Gasteiger partial charge in [0.25, 0.3) is 0 Å². The van der Waals surface area contributed by atoms with Crippen molar-refractivity contribution in [3.8, 4) is 0 Å². The molecule has 0 aliphatic carbocycles. The molecule has 9 heteroatoms. The Kier molecular flexibility index (Phi) is 6.32. The van der Waals surface area contributed by atoms with Gasteiger partial charge in [0.05, 0.1) is 6.04 Å². The van der Waals surface area contributed by atoms with Gasteiger partial charge in [0.15, 0.2) is 11.8 Å². The molecule has 0 aromatic carbocycles. The van der Waals surface area contributed by atoms with E-state index >= 15 is 0 Å². The molecular weight excluding hydrogens is 368 g/mol. The summed E-state index contributed by atoms with van der Waals surface area (Å²) in [5, 5.41) is 12.0. The molecule has 1 N–H and O–H groups in total. The van der Waals surface area contributed by atoms with E-state index in [-0.39, 0.29) is 11.9 Å². The SMILES string of the molecule is CCNC(=NCc1nnc2n1CCC2)N1CCN(C(C)C(=O)N2CCCC2)CC1. The van der Waals surface area contributed by atoms with Crippen LogP contribution in [0, 0.1) is 0 Å². The largest absolute Gasteiger partial charge is 0.357 e. The van der Waals surface area contributed by atoms with Crippen molar-refractivity contribution in [3.63, 3.8) is 0 Å². The number of guanidine groups is 1. The standard InChI is InChI=1S/C20H34N8O/c1-3-21-20(22-15-18-24-23-17-7-6-10-28(17)18)27-13-11-25(12-14-27)16(2)19(29)26-8-4-5-9-26/h16H,3-15H2,1-2H3,(H,21,22). The van der Waals surface area contributed by atoms with Gasteiger partial charge >= 0.3 is 0 Å². The fourth-order valence-electron chi connectivity index (χ4n) is 4.58. The van der Waals surface area contributed by atoms with Gasteiger partial charge in [-0.15, -0.1) is 10.2 Å². The number of carbonyl (C=O) groups is 1. The number of aliphatic imine (C=N–C) groups is 1.